The molecule has 2 nitrogen and oxygen atoms in total. The maximum atomic E-state index is 9.60. The van der Waals surface area contributed by atoms with E-state index >= 15 is 0 Å². The normalized spacial score (nSPS) is 34.2. The minimum atomic E-state index is 0.0983. The van der Waals surface area contributed by atoms with Crippen LogP contribution >= 0.6 is 0 Å². The van der Waals surface area contributed by atoms with Gasteiger partial charge in [-0.05, 0) is 50.5 Å². The average Bonchev–Trinajstić information content (AvgIpc) is 2.91. The Bertz CT molecular complexity index is 268. The van der Waals surface area contributed by atoms with Gasteiger partial charge in [-0.15, -0.1) is 0 Å². The molecule has 4 unspecified atom stereocenters. The highest BCUT2D eigenvalue weighted by molar-refractivity contribution is 4.91. The molecule has 0 spiro atoms. The lowest BCUT2D eigenvalue weighted by Gasteiger charge is -2.34. The molecule has 1 N–H and O–H groups in total. The fourth-order valence-corrected chi connectivity index (χ4v) is 4.53. The van der Waals surface area contributed by atoms with Crippen molar-refractivity contribution in [2.75, 3.05) is 26.7 Å². The standard InChI is InChI=1S/C16H31NO/c1-4-7-16(2,12-18)11-17(3)10-15-9-13-5-6-14(15)8-13/h13-15,18H,4-12H2,1-3H3. The van der Waals surface area contributed by atoms with Crippen LogP contribution in [0.15, 0.2) is 0 Å². The fourth-order valence-electron chi connectivity index (χ4n) is 4.53. The molecule has 2 fully saturated rings. The Kier molecular flexibility index (Phi) is 4.71. The van der Waals surface area contributed by atoms with Crippen LogP contribution in [-0.2, 0) is 0 Å². The Labute approximate surface area is 113 Å². The zero-order valence-corrected chi connectivity index (χ0v) is 12.5. The Balaban J connectivity index is 1.79. The molecule has 4 atom stereocenters. The Morgan fingerprint density at radius 1 is 1.28 bits per heavy atom. The van der Waals surface area contributed by atoms with E-state index in [1.54, 1.807) is 0 Å². The number of aliphatic hydroxyl groups is 1. The molecule has 0 radical (unpaired) electrons. The first-order valence-corrected chi connectivity index (χ1v) is 7.85. The van der Waals surface area contributed by atoms with Crippen molar-refractivity contribution in [2.24, 2.45) is 23.2 Å². The van der Waals surface area contributed by atoms with Crippen LogP contribution < -0.4 is 0 Å². The van der Waals surface area contributed by atoms with Gasteiger partial charge in [-0.25, -0.2) is 0 Å². The van der Waals surface area contributed by atoms with E-state index < -0.39 is 0 Å². The molecule has 0 aromatic carbocycles. The molecule has 2 heteroatoms. The molecule has 2 saturated carbocycles. The van der Waals surface area contributed by atoms with Crippen LogP contribution in [0.5, 0.6) is 0 Å². The molecular formula is C16H31NO. The van der Waals surface area contributed by atoms with Crippen LogP contribution in [0.2, 0.25) is 0 Å². The van der Waals surface area contributed by atoms with Crippen LogP contribution in [0.25, 0.3) is 0 Å². The average molecular weight is 253 g/mol. The molecule has 0 amide bonds. The summed E-state index contributed by atoms with van der Waals surface area (Å²) in [7, 11) is 2.25. The van der Waals surface area contributed by atoms with Crippen molar-refractivity contribution in [3.8, 4) is 0 Å². The molecule has 0 saturated heterocycles. The van der Waals surface area contributed by atoms with Gasteiger partial charge in [0, 0.05) is 25.1 Å². The molecule has 2 rings (SSSR count). The van der Waals surface area contributed by atoms with Crippen molar-refractivity contribution in [1.82, 2.24) is 4.90 Å². The predicted octanol–water partition coefficient (Wildman–Crippen LogP) is 3.15. The summed E-state index contributed by atoms with van der Waals surface area (Å²) in [6.45, 7) is 7.06. The van der Waals surface area contributed by atoms with Gasteiger partial charge in [-0.3, -0.25) is 0 Å². The maximum absolute atomic E-state index is 9.60. The number of rotatable bonds is 7. The number of nitrogens with zero attached hydrogens (tertiary/aromatic N) is 1. The summed E-state index contributed by atoms with van der Waals surface area (Å²) in [5.74, 6) is 3.01. The van der Waals surface area contributed by atoms with Crippen molar-refractivity contribution >= 4 is 0 Å². The first-order valence-electron chi connectivity index (χ1n) is 7.85. The van der Waals surface area contributed by atoms with Gasteiger partial charge in [-0.2, -0.15) is 0 Å². The second kappa shape index (κ2) is 5.92. The van der Waals surface area contributed by atoms with Crippen LogP contribution in [-0.4, -0.2) is 36.8 Å². The molecule has 2 bridgehead atoms. The van der Waals surface area contributed by atoms with Gasteiger partial charge in [0.1, 0.15) is 0 Å². The zero-order chi connectivity index (χ0) is 13.2. The first kappa shape index (κ1) is 14.3. The molecule has 0 aromatic rings. The van der Waals surface area contributed by atoms with E-state index in [1.807, 2.05) is 0 Å². The summed E-state index contributed by atoms with van der Waals surface area (Å²) >= 11 is 0. The quantitative estimate of drug-likeness (QED) is 0.753. The van der Waals surface area contributed by atoms with E-state index in [-0.39, 0.29) is 5.41 Å². The third-order valence-electron chi connectivity index (χ3n) is 5.32. The second-order valence-electron chi connectivity index (χ2n) is 7.35. The van der Waals surface area contributed by atoms with Crippen molar-refractivity contribution in [2.45, 2.75) is 52.4 Å². The zero-order valence-electron chi connectivity index (χ0n) is 12.5. The van der Waals surface area contributed by atoms with Crippen LogP contribution in [0.3, 0.4) is 0 Å². The Morgan fingerprint density at radius 2 is 2.06 bits per heavy atom. The van der Waals surface area contributed by atoms with Crippen LogP contribution in [0, 0.1) is 23.2 Å². The van der Waals surface area contributed by atoms with Crippen LogP contribution in [0.4, 0.5) is 0 Å². The third-order valence-corrected chi connectivity index (χ3v) is 5.32. The molecule has 2 aliphatic rings. The summed E-state index contributed by atoms with van der Waals surface area (Å²) in [6.07, 6.45) is 8.25. The number of aliphatic hydroxyl groups excluding tert-OH is 1. The molecular weight excluding hydrogens is 222 g/mol. The summed E-state index contributed by atoms with van der Waals surface area (Å²) in [5.41, 5.74) is 0.0983. The number of hydrogen-bond acceptors (Lipinski definition) is 2. The monoisotopic (exact) mass is 253 g/mol. The minimum absolute atomic E-state index is 0.0983. The lowest BCUT2D eigenvalue weighted by Crippen LogP contribution is -2.39. The van der Waals surface area contributed by atoms with Gasteiger partial charge in [0.2, 0.25) is 0 Å². The van der Waals surface area contributed by atoms with Gasteiger partial charge < -0.3 is 10.0 Å². The fraction of sp³-hybridized carbons (Fsp3) is 1.00. The summed E-state index contributed by atoms with van der Waals surface area (Å²) in [5, 5.41) is 9.60. The predicted molar refractivity (Wildman–Crippen MR) is 76.5 cm³/mol. The van der Waals surface area contributed by atoms with E-state index in [0.717, 1.165) is 30.7 Å². The lowest BCUT2D eigenvalue weighted by molar-refractivity contribution is 0.0792. The Morgan fingerprint density at radius 3 is 2.56 bits per heavy atom. The van der Waals surface area contributed by atoms with Crippen molar-refractivity contribution in [3.63, 3.8) is 0 Å². The molecule has 0 aliphatic heterocycles. The molecule has 106 valence electrons. The van der Waals surface area contributed by atoms with Crippen molar-refractivity contribution in [1.29, 1.82) is 0 Å². The molecule has 18 heavy (non-hydrogen) atoms. The van der Waals surface area contributed by atoms with Crippen molar-refractivity contribution in [3.05, 3.63) is 0 Å². The molecule has 0 heterocycles. The smallest absolute Gasteiger partial charge is 0.0497 e. The Hall–Kier alpha value is -0.0800. The number of fused-ring (bicyclic) bond motifs is 2. The van der Waals surface area contributed by atoms with Gasteiger partial charge in [-0.1, -0.05) is 26.7 Å². The second-order valence-corrected chi connectivity index (χ2v) is 7.35. The van der Waals surface area contributed by atoms with E-state index in [9.17, 15) is 5.11 Å². The van der Waals surface area contributed by atoms with E-state index in [4.69, 9.17) is 0 Å². The van der Waals surface area contributed by atoms with Crippen molar-refractivity contribution < 1.29 is 5.11 Å². The minimum Gasteiger partial charge on any atom is -0.396 e. The summed E-state index contributed by atoms with van der Waals surface area (Å²) < 4.78 is 0. The first-order chi connectivity index (χ1) is 8.56. The van der Waals surface area contributed by atoms with Crippen LogP contribution in [0.1, 0.15) is 52.4 Å². The largest absolute Gasteiger partial charge is 0.396 e. The van der Waals surface area contributed by atoms with E-state index in [0.29, 0.717) is 6.61 Å². The van der Waals surface area contributed by atoms with Gasteiger partial charge in [0.25, 0.3) is 0 Å². The van der Waals surface area contributed by atoms with Gasteiger partial charge in [0.05, 0.1) is 0 Å². The molecule has 0 aromatic heterocycles. The van der Waals surface area contributed by atoms with Gasteiger partial charge >= 0.3 is 0 Å². The summed E-state index contributed by atoms with van der Waals surface area (Å²) in [6, 6.07) is 0. The summed E-state index contributed by atoms with van der Waals surface area (Å²) in [4.78, 5) is 2.48. The van der Waals surface area contributed by atoms with E-state index in [2.05, 4.69) is 25.8 Å². The highest BCUT2D eigenvalue weighted by Gasteiger charge is 2.40. The highest BCUT2D eigenvalue weighted by Crippen LogP contribution is 2.48. The SMILES string of the molecule is CCCC(C)(CO)CN(C)CC1CC2CCC1C2. The van der Waals surface area contributed by atoms with E-state index in [1.165, 1.54) is 38.6 Å². The lowest BCUT2D eigenvalue weighted by atomic mass is 9.84. The number of hydrogen-bond donors (Lipinski definition) is 1. The maximum Gasteiger partial charge on any atom is 0.0497 e. The molecule has 2 aliphatic carbocycles. The van der Waals surface area contributed by atoms with Gasteiger partial charge in [0.15, 0.2) is 0 Å². The third kappa shape index (κ3) is 3.27. The highest BCUT2D eigenvalue weighted by atomic mass is 16.3. The topological polar surface area (TPSA) is 23.5 Å².